The third kappa shape index (κ3) is 2.99. The first-order valence-electron chi connectivity index (χ1n) is 6.73. The van der Waals surface area contributed by atoms with E-state index in [1.807, 2.05) is 49.4 Å². The number of carboxylic acids is 1. The molecule has 104 valence electrons. The molecule has 0 aliphatic rings. The Morgan fingerprint density at radius 1 is 1.25 bits per heavy atom. The van der Waals surface area contributed by atoms with E-state index in [1.54, 1.807) is 6.08 Å². The molecule has 0 spiro atoms. The highest BCUT2D eigenvalue weighted by Crippen LogP contribution is 2.29. The lowest BCUT2D eigenvalue weighted by atomic mass is 10.0. The summed E-state index contributed by atoms with van der Waals surface area (Å²) < 4.78 is 0. The van der Waals surface area contributed by atoms with E-state index in [9.17, 15) is 9.90 Å². The first-order chi connectivity index (χ1) is 9.63. The molecule has 20 heavy (non-hydrogen) atoms. The number of aromatic hydroxyl groups is 1. The van der Waals surface area contributed by atoms with Crippen molar-refractivity contribution in [2.45, 2.75) is 19.8 Å². The predicted octanol–water partition coefficient (Wildman–Crippen LogP) is 4.06. The summed E-state index contributed by atoms with van der Waals surface area (Å²) in [6, 6.07) is 11.4. The number of carboxylic acid groups (broad SMARTS) is 1. The van der Waals surface area contributed by atoms with Crippen molar-refractivity contribution in [3.63, 3.8) is 0 Å². The van der Waals surface area contributed by atoms with Crippen molar-refractivity contribution >= 4 is 22.8 Å². The van der Waals surface area contributed by atoms with Crippen LogP contribution in [0.15, 0.2) is 42.5 Å². The molecule has 1 atom stereocenters. The second-order valence-electron chi connectivity index (χ2n) is 4.81. The molecular formula is C17H18O3. The van der Waals surface area contributed by atoms with Crippen LogP contribution in [-0.4, -0.2) is 16.2 Å². The van der Waals surface area contributed by atoms with E-state index in [0.717, 1.165) is 10.8 Å². The van der Waals surface area contributed by atoms with Crippen molar-refractivity contribution in [2.24, 2.45) is 5.92 Å². The first kappa shape index (κ1) is 14.1. The molecule has 0 aromatic heterocycles. The Balaban J connectivity index is 2.21. The number of hydrogen-bond acceptors (Lipinski definition) is 2. The standard InChI is InChI=1S/C17H18O3/c1-2-12(17(19)20)7-5-8-14-11-10-13-6-3-4-9-15(13)16(14)18/h3-6,8-12,18H,2,7H2,1H3,(H,19,20). The number of hydrogen-bond donors (Lipinski definition) is 2. The summed E-state index contributed by atoms with van der Waals surface area (Å²) in [6.07, 6.45) is 4.67. The van der Waals surface area contributed by atoms with Gasteiger partial charge in [-0.05, 0) is 18.2 Å². The number of phenols is 1. The van der Waals surface area contributed by atoms with Crippen molar-refractivity contribution < 1.29 is 15.0 Å². The number of carbonyl (C=O) groups is 1. The topological polar surface area (TPSA) is 57.5 Å². The van der Waals surface area contributed by atoms with Gasteiger partial charge in [-0.1, -0.05) is 55.5 Å². The van der Waals surface area contributed by atoms with E-state index in [0.29, 0.717) is 18.4 Å². The van der Waals surface area contributed by atoms with Gasteiger partial charge < -0.3 is 10.2 Å². The molecule has 2 aromatic rings. The van der Waals surface area contributed by atoms with Gasteiger partial charge in [-0.2, -0.15) is 0 Å². The van der Waals surface area contributed by atoms with Crippen LogP contribution in [0.5, 0.6) is 5.75 Å². The van der Waals surface area contributed by atoms with Crippen molar-refractivity contribution in [3.05, 3.63) is 48.0 Å². The van der Waals surface area contributed by atoms with Crippen molar-refractivity contribution in [2.75, 3.05) is 0 Å². The minimum Gasteiger partial charge on any atom is -0.507 e. The molecule has 2 rings (SSSR count). The second kappa shape index (κ2) is 6.24. The van der Waals surface area contributed by atoms with Crippen LogP contribution in [-0.2, 0) is 4.79 Å². The van der Waals surface area contributed by atoms with Gasteiger partial charge in [0.15, 0.2) is 0 Å². The van der Waals surface area contributed by atoms with Crippen LogP contribution in [0.1, 0.15) is 25.3 Å². The summed E-state index contributed by atoms with van der Waals surface area (Å²) in [7, 11) is 0. The van der Waals surface area contributed by atoms with E-state index in [4.69, 9.17) is 5.11 Å². The third-order valence-electron chi connectivity index (χ3n) is 3.49. The Morgan fingerprint density at radius 2 is 2.00 bits per heavy atom. The van der Waals surface area contributed by atoms with Gasteiger partial charge in [-0.25, -0.2) is 0 Å². The average Bonchev–Trinajstić information content (AvgIpc) is 2.45. The normalized spacial score (nSPS) is 12.8. The zero-order valence-electron chi connectivity index (χ0n) is 11.4. The van der Waals surface area contributed by atoms with E-state index < -0.39 is 5.97 Å². The Morgan fingerprint density at radius 3 is 2.70 bits per heavy atom. The maximum absolute atomic E-state index is 10.9. The van der Waals surface area contributed by atoms with Crippen LogP contribution in [0.4, 0.5) is 0 Å². The first-order valence-corrected chi connectivity index (χ1v) is 6.73. The molecular weight excluding hydrogens is 252 g/mol. The summed E-state index contributed by atoms with van der Waals surface area (Å²) >= 11 is 0. The molecule has 0 fully saturated rings. The highest BCUT2D eigenvalue weighted by molar-refractivity contribution is 5.91. The number of benzene rings is 2. The average molecular weight is 270 g/mol. The van der Waals surface area contributed by atoms with Crippen LogP contribution in [0, 0.1) is 5.92 Å². The SMILES string of the molecule is CCC(CC=Cc1ccc2ccccc2c1O)C(=O)O. The maximum atomic E-state index is 10.9. The highest BCUT2D eigenvalue weighted by Gasteiger charge is 2.12. The van der Waals surface area contributed by atoms with Crippen LogP contribution < -0.4 is 0 Å². The molecule has 1 unspecified atom stereocenters. The zero-order chi connectivity index (χ0) is 14.5. The molecule has 0 amide bonds. The van der Waals surface area contributed by atoms with Crippen LogP contribution >= 0.6 is 0 Å². The number of fused-ring (bicyclic) bond motifs is 1. The smallest absolute Gasteiger partial charge is 0.306 e. The summed E-state index contributed by atoms with van der Waals surface area (Å²) in [5, 5.41) is 21.0. The van der Waals surface area contributed by atoms with Crippen molar-refractivity contribution in [1.29, 1.82) is 0 Å². The Bertz CT molecular complexity index is 644. The molecule has 0 aliphatic carbocycles. The summed E-state index contributed by atoms with van der Waals surface area (Å²) in [6.45, 7) is 1.86. The molecule has 0 heterocycles. The van der Waals surface area contributed by atoms with Gasteiger partial charge >= 0.3 is 5.97 Å². The van der Waals surface area contributed by atoms with E-state index in [2.05, 4.69) is 0 Å². The molecule has 3 nitrogen and oxygen atoms in total. The Kier molecular flexibility index (Phi) is 4.41. The summed E-state index contributed by atoms with van der Waals surface area (Å²) in [5.41, 5.74) is 0.712. The predicted molar refractivity (Wildman–Crippen MR) is 80.7 cm³/mol. The minimum absolute atomic E-state index is 0.239. The van der Waals surface area contributed by atoms with Gasteiger partial charge in [0, 0.05) is 10.9 Å². The van der Waals surface area contributed by atoms with Crippen molar-refractivity contribution in [1.82, 2.24) is 0 Å². The monoisotopic (exact) mass is 270 g/mol. The lowest BCUT2D eigenvalue weighted by molar-refractivity contribution is -0.141. The quantitative estimate of drug-likeness (QED) is 0.861. The summed E-state index contributed by atoms with van der Waals surface area (Å²) in [5.74, 6) is -0.906. The van der Waals surface area contributed by atoms with Crippen LogP contribution in [0.2, 0.25) is 0 Å². The molecule has 0 radical (unpaired) electrons. The largest absolute Gasteiger partial charge is 0.507 e. The van der Waals surface area contributed by atoms with Crippen LogP contribution in [0.3, 0.4) is 0 Å². The molecule has 0 bridgehead atoms. The molecule has 2 N–H and O–H groups in total. The third-order valence-corrected chi connectivity index (χ3v) is 3.49. The fourth-order valence-electron chi connectivity index (χ4n) is 2.21. The van der Waals surface area contributed by atoms with Crippen LogP contribution in [0.25, 0.3) is 16.8 Å². The lowest BCUT2D eigenvalue weighted by Crippen LogP contribution is -2.11. The van der Waals surface area contributed by atoms with Gasteiger partial charge in [0.1, 0.15) is 5.75 Å². The highest BCUT2D eigenvalue weighted by atomic mass is 16.4. The van der Waals surface area contributed by atoms with E-state index in [1.165, 1.54) is 0 Å². The molecule has 3 heteroatoms. The van der Waals surface area contributed by atoms with Gasteiger partial charge in [0.2, 0.25) is 0 Å². The number of aliphatic carboxylic acids is 1. The second-order valence-corrected chi connectivity index (χ2v) is 4.81. The van der Waals surface area contributed by atoms with Crippen molar-refractivity contribution in [3.8, 4) is 5.75 Å². The lowest BCUT2D eigenvalue weighted by Gasteiger charge is -2.06. The molecule has 2 aromatic carbocycles. The Labute approximate surface area is 118 Å². The van der Waals surface area contributed by atoms with Gasteiger partial charge in [0.05, 0.1) is 5.92 Å². The minimum atomic E-state index is -0.778. The number of allylic oxidation sites excluding steroid dienone is 1. The molecule has 0 saturated carbocycles. The van der Waals surface area contributed by atoms with E-state index in [-0.39, 0.29) is 11.7 Å². The van der Waals surface area contributed by atoms with Gasteiger partial charge in [0.25, 0.3) is 0 Å². The maximum Gasteiger partial charge on any atom is 0.306 e. The fourth-order valence-corrected chi connectivity index (χ4v) is 2.21. The summed E-state index contributed by atoms with van der Waals surface area (Å²) in [4.78, 5) is 10.9. The van der Waals surface area contributed by atoms with Gasteiger partial charge in [-0.3, -0.25) is 4.79 Å². The number of rotatable bonds is 5. The molecule has 0 saturated heterocycles. The molecule has 0 aliphatic heterocycles. The number of phenolic OH excluding ortho intramolecular Hbond substituents is 1. The zero-order valence-corrected chi connectivity index (χ0v) is 11.4. The van der Waals surface area contributed by atoms with E-state index >= 15 is 0 Å². The fraction of sp³-hybridized carbons (Fsp3) is 0.235. The Hall–Kier alpha value is -2.29. The van der Waals surface area contributed by atoms with Gasteiger partial charge in [-0.15, -0.1) is 0 Å².